The second-order valence-corrected chi connectivity index (χ2v) is 4.62. The van der Waals surface area contributed by atoms with E-state index in [-0.39, 0.29) is 15.6 Å². The van der Waals surface area contributed by atoms with Crippen LogP contribution in [0.1, 0.15) is 18.9 Å². The number of carboxylic acids is 2. The van der Waals surface area contributed by atoms with E-state index in [9.17, 15) is 14.7 Å². The molecule has 0 aromatic heterocycles. The number of halogens is 2. The lowest BCUT2D eigenvalue weighted by atomic mass is 9.79. The SMILES string of the molecule is CC(CC(=O)O)(C(=O)O)c1c(Cl)cccc1Cl. The highest BCUT2D eigenvalue weighted by atomic mass is 35.5. The third-order valence-corrected chi connectivity index (χ3v) is 3.12. The van der Waals surface area contributed by atoms with Gasteiger partial charge >= 0.3 is 11.9 Å². The van der Waals surface area contributed by atoms with E-state index in [1.54, 1.807) is 6.07 Å². The number of hydrogen-bond donors (Lipinski definition) is 2. The summed E-state index contributed by atoms with van der Waals surface area (Å²) in [6.07, 6.45) is -0.591. The summed E-state index contributed by atoms with van der Waals surface area (Å²) in [4.78, 5) is 22.0. The Morgan fingerprint density at radius 2 is 1.71 bits per heavy atom. The van der Waals surface area contributed by atoms with E-state index in [0.29, 0.717) is 0 Å². The Labute approximate surface area is 108 Å². The molecule has 17 heavy (non-hydrogen) atoms. The van der Waals surface area contributed by atoms with Crippen LogP contribution in [0.3, 0.4) is 0 Å². The van der Waals surface area contributed by atoms with Crippen molar-refractivity contribution in [1.29, 1.82) is 0 Å². The quantitative estimate of drug-likeness (QED) is 0.887. The number of rotatable bonds is 4. The van der Waals surface area contributed by atoms with Crippen molar-refractivity contribution in [3.05, 3.63) is 33.8 Å². The molecule has 6 heteroatoms. The number of carbonyl (C=O) groups is 2. The van der Waals surface area contributed by atoms with Gasteiger partial charge in [-0.2, -0.15) is 0 Å². The molecule has 0 radical (unpaired) electrons. The van der Waals surface area contributed by atoms with Gasteiger partial charge in [-0.15, -0.1) is 0 Å². The van der Waals surface area contributed by atoms with Crippen molar-refractivity contribution >= 4 is 35.1 Å². The summed E-state index contributed by atoms with van der Waals surface area (Å²) in [6, 6.07) is 4.52. The van der Waals surface area contributed by atoms with Crippen LogP contribution in [-0.4, -0.2) is 22.2 Å². The van der Waals surface area contributed by atoms with Gasteiger partial charge in [-0.3, -0.25) is 9.59 Å². The van der Waals surface area contributed by atoms with Gasteiger partial charge in [-0.25, -0.2) is 0 Å². The van der Waals surface area contributed by atoms with Gasteiger partial charge in [0.1, 0.15) is 5.41 Å². The standard InChI is InChI=1S/C11H10Cl2O4/c1-11(10(16)17,5-8(14)15)9-6(12)3-2-4-7(9)13/h2-4H,5H2,1H3,(H,14,15)(H,16,17). The maximum Gasteiger partial charge on any atom is 0.314 e. The van der Waals surface area contributed by atoms with E-state index < -0.39 is 23.8 Å². The summed E-state index contributed by atoms with van der Waals surface area (Å²) in [6.45, 7) is 1.29. The second kappa shape index (κ2) is 4.94. The van der Waals surface area contributed by atoms with Crippen LogP contribution < -0.4 is 0 Å². The zero-order valence-electron chi connectivity index (χ0n) is 8.91. The molecule has 0 saturated heterocycles. The van der Waals surface area contributed by atoms with Crippen LogP contribution in [0.25, 0.3) is 0 Å². The monoisotopic (exact) mass is 276 g/mol. The van der Waals surface area contributed by atoms with Gasteiger partial charge in [-0.05, 0) is 19.1 Å². The largest absolute Gasteiger partial charge is 0.481 e. The van der Waals surface area contributed by atoms with Gasteiger partial charge in [0.25, 0.3) is 0 Å². The molecule has 1 aromatic carbocycles. The van der Waals surface area contributed by atoms with E-state index in [1.165, 1.54) is 19.1 Å². The normalized spacial score (nSPS) is 14.1. The third-order valence-electron chi connectivity index (χ3n) is 2.49. The molecule has 0 aliphatic heterocycles. The maximum atomic E-state index is 11.3. The first kappa shape index (κ1) is 13.8. The minimum Gasteiger partial charge on any atom is -0.481 e. The first-order valence-corrected chi connectivity index (χ1v) is 5.44. The summed E-state index contributed by atoms with van der Waals surface area (Å²) in [7, 11) is 0. The molecule has 0 aliphatic carbocycles. The van der Waals surface area contributed by atoms with Crippen molar-refractivity contribution in [2.45, 2.75) is 18.8 Å². The van der Waals surface area contributed by atoms with Crippen molar-refractivity contribution < 1.29 is 19.8 Å². The summed E-state index contributed by atoms with van der Waals surface area (Å²) < 4.78 is 0. The average molecular weight is 277 g/mol. The lowest BCUT2D eigenvalue weighted by Gasteiger charge is -2.25. The Morgan fingerprint density at radius 1 is 1.24 bits per heavy atom. The number of carboxylic acid groups (broad SMARTS) is 2. The molecule has 0 aliphatic rings. The Morgan fingerprint density at radius 3 is 2.06 bits per heavy atom. The van der Waals surface area contributed by atoms with Gasteiger partial charge in [0, 0.05) is 15.6 Å². The molecule has 1 unspecified atom stereocenters. The van der Waals surface area contributed by atoms with Gasteiger partial charge in [0.05, 0.1) is 6.42 Å². The predicted molar refractivity (Wildman–Crippen MR) is 63.7 cm³/mol. The van der Waals surface area contributed by atoms with Crippen molar-refractivity contribution in [2.24, 2.45) is 0 Å². The van der Waals surface area contributed by atoms with Crippen molar-refractivity contribution in [3.63, 3.8) is 0 Å². The zero-order valence-corrected chi connectivity index (χ0v) is 10.4. The molecule has 4 nitrogen and oxygen atoms in total. The number of benzene rings is 1. The third kappa shape index (κ3) is 2.70. The van der Waals surface area contributed by atoms with Crippen LogP contribution in [0, 0.1) is 0 Å². The van der Waals surface area contributed by atoms with Gasteiger partial charge in [-0.1, -0.05) is 29.3 Å². The minimum atomic E-state index is -1.65. The Kier molecular flexibility index (Phi) is 4.01. The Bertz CT molecular complexity index is 452. The number of hydrogen-bond acceptors (Lipinski definition) is 2. The summed E-state index contributed by atoms with van der Waals surface area (Å²) in [5.74, 6) is -2.51. The molecular weight excluding hydrogens is 267 g/mol. The smallest absolute Gasteiger partial charge is 0.314 e. The van der Waals surface area contributed by atoms with Crippen LogP contribution in [0.4, 0.5) is 0 Å². The highest BCUT2D eigenvalue weighted by molar-refractivity contribution is 6.36. The van der Waals surface area contributed by atoms with Gasteiger partial charge in [0.15, 0.2) is 0 Å². The molecule has 1 aromatic rings. The van der Waals surface area contributed by atoms with E-state index in [4.69, 9.17) is 28.3 Å². The molecule has 0 saturated carbocycles. The molecule has 0 heterocycles. The van der Waals surface area contributed by atoms with Gasteiger partial charge < -0.3 is 10.2 Å². The van der Waals surface area contributed by atoms with E-state index >= 15 is 0 Å². The number of aliphatic carboxylic acids is 2. The molecule has 1 atom stereocenters. The fourth-order valence-electron chi connectivity index (χ4n) is 1.60. The highest BCUT2D eigenvalue weighted by Gasteiger charge is 2.40. The minimum absolute atomic E-state index is 0.123. The van der Waals surface area contributed by atoms with Crippen LogP contribution in [0.15, 0.2) is 18.2 Å². The molecule has 0 amide bonds. The fraction of sp³-hybridized carbons (Fsp3) is 0.273. The van der Waals surface area contributed by atoms with Crippen molar-refractivity contribution in [1.82, 2.24) is 0 Å². The maximum absolute atomic E-state index is 11.3. The van der Waals surface area contributed by atoms with Crippen molar-refractivity contribution in [3.8, 4) is 0 Å². The summed E-state index contributed by atoms with van der Waals surface area (Å²) in [5.41, 5.74) is -1.53. The lowest BCUT2D eigenvalue weighted by molar-refractivity contribution is -0.149. The summed E-state index contributed by atoms with van der Waals surface area (Å²) in [5, 5.41) is 18.3. The predicted octanol–water partition coefficient (Wildman–Crippen LogP) is 2.81. The topological polar surface area (TPSA) is 74.6 Å². The van der Waals surface area contributed by atoms with Gasteiger partial charge in [0.2, 0.25) is 0 Å². The average Bonchev–Trinajstić information content (AvgIpc) is 2.15. The zero-order chi connectivity index (χ0) is 13.2. The molecule has 1 rings (SSSR count). The van der Waals surface area contributed by atoms with E-state index in [2.05, 4.69) is 0 Å². The highest BCUT2D eigenvalue weighted by Crippen LogP contribution is 2.38. The molecule has 0 spiro atoms. The van der Waals surface area contributed by atoms with Crippen LogP contribution in [0.5, 0.6) is 0 Å². The van der Waals surface area contributed by atoms with E-state index in [1.807, 2.05) is 0 Å². The Hall–Kier alpha value is -1.26. The molecule has 0 fully saturated rings. The van der Waals surface area contributed by atoms with Crippen LogP contribution >= 0.6 is 23.2 Å². The van der Waals surface area contributed by atoms with Crippen LogP contribution in [-0.2, 0) is 15.0 Å². The van der Waals surface area contributed by atoms with Crippen molar-refractivity contribution in [2.75, 3.05) is 0 Å². The molecule has 2 N–H and O–H groups in total. The first-order chi connectivity index (χ1) is 7.79. The van der Waals surface area contributed by atoms with Crippen LogP contribution in [0.2, 0.25) is 10.0 Å². The second-order valence-electron chi connectivity index (χ2n) is 3.80. The molecule has 0 bridgehead atoms. The van der Waals surface area contributed by atoms with E-state index in [0.717, 1.165) is 0 Å². The lowest BCUT2D eigenvalue weighted by Crippen LogP contribution is -2.35. The Balaban J connectivity index is 3.42. The summed E-state index contributed by atoms with van der Waals surface area (Å²) >= 11 is 11.8. The first-order valence-electron chi connectivity index (χ1n) is 4.68. The molecule has 92 valence electrons. The fourth-order valence-corrected chi connectivity index (χ4v) is 2.41. The molecular formula is C11H10Cl2O4.